The Kier molecular flexibility index (Phi) is 9.76. The van der Waals surface area contributed by atoms with Gasteiger partial charge in [0.2, 0.25) is 22.2 Å². The predicted molar refractivity (Wildman–Crippen MR) is 478 cm³/mol. The van der Waals surface area contributed by atoms with Crippen molar-refractivity contribution < 1.29 is 41.6 Å². The Balaban J connectivity index is 0.0000000848. The molecule has 16 aromatic carbocycles. The minimum Gasteiger partial charge on any atom is -0.456 e. The zero-order valence-electron chi connectivity index (χ0n) is 64.9. The van der Waals surface area contributed by atoms with Crippen molar-refractivity contribution in [1.29, 1.82) is 0 Å². The van der Waals surface area contributed by atoms with Gasteiger partial charge in [-0.15, -0.1) is 27.4 Å². The number of fused-ring (bicyclic) bond motifs is 27. The van der Waals surface area contributed by atoms with Gasteiger partial charge in [0.15, 0.2) is 57.2 Å². The highest BCUT2D eigenvalue weighted by molar-refractivity contribution is 6.30. The van der Waals surface area contributed by atoms with Gasteiger partial charge in [-0.2, -0.15) is 13.2 Å². The SMILES string of the molecule is c1ccc2c(c1)c1ccc3c4c1c1c2ccc[n+]1C41c2c(ccc4c5ccccc5n5c6ccccc6[n+]1c5c24)O3.c1ccc2c(c1)c1ccc3c4c1c1c2ccc[n+]1C41c2c(ccc4c5cccnc5n5c6ccccc6[n+]1c5c24)O3.c1ccc2c(c1)c1ccc3c4c1c1c2ccc[n+]1C41c2c(ccc4c5ncccc5n5c6ccccc6[n+]1c5c24)O3. The van der Waals surface area contributed by atoms with Gasteiger partial charge in [0.1, 0.15) is 78.9 Å². The number of nitrogens with zero attached hydrogens (tertiary/aromatic N) is 11. The fraction of sp³-hybridized carbons (Fsp3) is 0.0275. The molecule has 0 fully saturated rings. The van der Waals surface area contributed by atoms with E-state index in [2.05, 4.69) is 350 Å². The smallest absolute Gasteiger partial charge is 0.372 e. The average Bonchev–Trinajstić information content (AvgIpc) is 1.47. The van der Waals surface area contributed by atoms with Crippen LogP contribution in [0.5, 0.6) is 34.5 Å². The molecule has 558 valence electrons. The van der Waals surface area contributed by atoms with E-state index >= 15 is 0 Å². The lowest BCUT2D eigenvalue weighted by Crippen LogP contribution is -2.72. The first-order chi connectivity index (χ1) is 61.1. The van der Waals surface area contributed by atoms with Crippen molar-refractivity contribution in [1.82, 2.24) is 23.2 Å². The average molecular weight is 1570 g/mol. The summed E-state index contributed by atoms with van der Waals surface area (Å²) >= 11 is 0. The summed E-state index contributed by atoms with van der Waals surface area (Å²) in [6.45, 7) is 0. The molecule has 14 heteroatoms. The summed E-state index contributed by atoms with van der Waals surface area (Å²) in [5.74, 6) is 5.57. The van der Waals surface area contributed by atoms with E-state index in [0.717, 1.165) is 67.5 Å². The zero-order chi connectivity index (χ0) is 78.6. The Morgan fingerprint density at radius 1 is 0.220 bits per heavy atom. The highest BCUT2D eigenvalue weighted by Gasteiger charge is 2.72. The third-order valence-electron chi connectivity index (χ3n) is 30.0. The molecule has 0 radical (unpaired) electrons. The van der Waals surface area contributed by atoms with Crippen molar-refractivity contribution in [2.24, 2.45) is 0 Å². The summed E-state index contributed by atoms with van der Waals surface area (Å²) < 4.78 is 43.3. The topological polar surface area (TPSA) is 90.0 Å². The maximum Gasteiger partial charge on any atom is 0.372 e. The molecule has 20 heterocycles. The molecular weight excluding hydrogens is 1510 g/mol. The summed E-state index contributed by atoms with van der Waals surface area (Å²) in [6, 6.07) is 110. The minimum atomic E-state index is -0.630. The number of hydrogen-bond acceptors (Lipinski definition) is 5. The van der Waals surface area contributed by atoms with Gasteiger partial charge in [-0.25, -0.2) is 4.98 Å². The van der Waals surface area contributed by atoms with Crippen LogP contribution in [0.2, 0.25) is 0 Å². The van der Waals surface area contributed by atoms with Crippen LogP contribution in [0.15, 0.2) is 334 Å². The number of para-hydroxylation sites is 7. The normalized spacial score (nSPS) is 17.6. The van der Waals surface area contributed by atoms with Crippen molar-refractivity contribution >= 4 is 213 Å². The van der Waals surface area contributed by atoms with Gasteiger partial charge in [0.25, 0.3) is 0 Å². The maximum absolute atomic E-state index is 6.88. The number of benzene rings is 16. The predicted octanol–water partition coefficient (Wildman–Crippen LogP) is 21.2. The monoisotopic (exact) mass is 1570 g/mol. The first-order valence-corrected chi connectivity index (χ1v) is 42.4. The van der Waals surface area contributed by atoms with E-state index in [0.29, 0.717) is 0 Å². The minimum absolute atomic E-state index is 0.602. The number of hydrogen-bond donors (Lipinski definition) is 0. The number of rotatable bonds is 0. The van der Waals surface area contributed by atoms with Gasteiger partial charge in [0.05, 0.1) is 53.9 Å². The molecule has 3 spiro atoms. The molecule has 0 aliphatic carbocycles. The second-order valence-electron chi connectivity index (χ2n) is 34.8. The fourth-order valence-corrected chi connectivity index (χ4v) is 26.2. The molecule has 27 aromatic rings. The van der Waals surface area contributed by atoms with Crippen molar-refractivity contribution in [3.63, 3.8) is 0 Å². The first-order valence-electron chi connectivity index (χ1n) is 42.4. The Bertz CT molecular complexity index is 9300. The van der Waals surface area contributed by atoms with E-state index < -0.39 is 17.0 Å². The summed E-state index contributed by atoms with van der Waals surface area (Å²) in [7, 11) is 0. The molecule has 123 heavy (non-hydrogen) atoms. The van der Waals surface area contributed by atoms with Gasteiger partial charge in [0, 0.05) is 52.1 Å². The Hall–Kier alpha value is -16.6. The summed E-state index contributed by atoms with van der Waals surface area (Å²) in [5.41, 5.74) is 24.4. The summed E-state index contributed by atoms with van der Waals surface area (Å²) in [5, 5.41) is 29.0. The standard InChI is InChI=1S/C37H19N3O.2C36H18N4O/c1-2-9-21-20(8-1)23-15-17-29-33-31(23)35-25(21)11-7-19-38(35)37(33)34-30(41-29)18-16-24-22-10-3-4-12-26(22)39-27-13-5-6-14-28(27)40(37)36(39)32(24)34;1-2-8-20-19(7-1)21-13-15-27-31-29(21)34-22(20)9-6-18-38(34)36(31)32-28(41-27)16-14-23-30(32)35-39(26-12-5-17-37-33(23)26)24-10-3-4-11-25(24)40(35)36;1-2-8-20-19(7-1)21-13-15-27-31-29(21)33-23(20)10-6-18-38(33)36(31)32-28(41-27)16-14-22-24-9-5-17-37-34(24)39-25-11-3-4-12-26(25)40(36)35(39)30(22)32/h1-19H;2*1-18H/q3*+2. The Morgan fingerprint density at radius 2 is 0.512 bits per heavy atom. The number of aromatic nitrogens is 11. The van der Waals surface area contributed by atoms with Crippen LogP contribution in [0.4, 0.5) is 0 Å². The lowest BCUT2D eigenvalue weighted by molar-refractivity contribution is -0.935. The van der Waals surface area contributed by atoms with Crippen LogP contribution in [0.25, 0.3) is 213 Å². The van der Waals surface area contributed by atoms with Crippen molar-refractivity contribution in [3.8, 4) is 34.5 Å². The van der Waals surface area contributed by atoms with Crippen LogP contribution in [0.3, 0.4) is 0 Å². The molecule has 9 aliphatic rings. The van der Waals surface area contributed by atoms with Crippen LogP contribution >= 0.6 is 0 Å². The van der Waals surface area contributed by atoms with E-state index in [1.807, 2.05) is 24.5 Å². The highest BCUT2D eigenvalue weighted by atomic mass is 16.5. The van der Waals surface area contributed by atoms with E-state index in [1.165, 1.54) is 213 Å². The third-order valence-corrected chi connectivity index (χ3v) is 30.0. The Labute approximate surface area is 692 Å². The van der Waals surface area contributed by atoms with E-state index in [1.54, 1.807) is 0 Å². The number of imidazole rings is 3. The number of pyridine rings is 8. The van der Waals surface area contributed by atoms with Crippen LogP contribution in [0, 0.1) is 0 Å². The van der Waals surface area contributed by atoms with E-state index in [4.69, 9.17) is 24.2 Å². The Morgan fingerprint density at radius 3 is 0.951 bits per heavy atom. The number of ether oxygens (including phenoxy) is 3. The van der Waals surface area contributed by atoms with Crippen LogP contribution < -0.4 is 41.6 Å². The van der Waals surface area contributed by atoms with Gasteiger partial charge < -0.3 is 14.2 Å². The molecule has 0 bridgehead atoms. The van der Waals surface area contributed by atoms with E-state index in [9.17, 15) is 0 Å². The molecule has 3 unspecified atom stereocenters. The molecule has 0 N–H and O–H groups in total. The van der Waals surface area contributed by atoms with Crippen LogP contribution in [-0.2, 0) is 17.0 Å². The molecule has 11 aromatic heterocycles. The van der Waals surface area contributed by atoms with Crippen LogP contribution in [0.1, 0.15) is 33.4 Å². The van der Waals surface area contributed by atoms with Gasteiger partial charge in [-0.05, 0) is 206 Å². The lowest BCUT2D eigenvalue weighted by atomic mass is 9.84. The lowest BCUT2D eigenvalue weighted by Gasteiger charge is -2.28. The van der Waals surface area contributed by atoms with E-state index in [-0.39, 0.29) is 0 Å². The molecule has 14 nitrogen and oxygen atoms in total. The first kappa shape index (κ1) is 60.8. The van der Waals surface area contributed by atoms with Crippen LogP contribution in [-0.4, -0.2) is 23.2 Å². The fourth-order valence-electron chi connectivity index (χ4n) is 26.2. The second kappa shape index (κ2) is 19.7. The maximum atomic E-state index is 6.88. The largest absolute Gasteiger partial charge is 0.456 e. The molecular formula is C109H55N11O3+6. The zero-order valence-corrected chi connectivity index (χ0v) is 64.9. The molecule has 0 saturated heterocycles. The summed E-state index contributed by atoms with van der Waals surface area (Å²) in [6.07, 6.45) is 10.7. The van der Waals surface area contributed by atoms with Gasteiger partial charge >= 0.3 is 33.9 Å². The molecule has 3 atom stereocenters. The molecule has 0 amide bonds. The quantitative estimate of drug-likeness (QED) is 0.111. The van der Waals surface area contributed by atoms with Crippen molar-refractivity contribution in [2.45, 2.75) is 17.0 Å². The van der Waals surface area contributed by atoms with Gasteiger partial charge in [-0.3, -0.25) is 4.98 Å². The molecule has 36 rings (SSSR count). The van der Waals surface area contributed by atoms with Crippen molar-refractivity contribution in [3.05, 3.63) is 368 Å². The highest BCUT2D eigenvalue weighted by Crippen LogP contribution is 2.64. The van der Waals surface area contributed by atoms with Crippen molar-refractivity contribution in [2.75, 3.05) is 0 Å². The summed E-state index contributed by atoms with van der Waals surface area (Å²) in [4.78, 5) is 9.91. The van der Waals surface area contributed by atoms with Gasteiger partial charge in [-0.1, -0.05) is 127 Å². The molecule has 9 aliphatic heterocycles. The molecule has 0 saturated carbocycles. The third kappa shape index (κ3) is 6.09. The second-order valence-corrected chi connectivity index (χ2v) is 34.8.